The number of pyridine rings is 1. The van der Waals surface area contributed by atoms with E-state index in [1.807, 2.05) is 48.5 Å². The van der Waals surface area contributed by atoms with Gasteiger partial charge in [0, 0.05) is 28.1 Å². The Hall–Kier alpha value is -2.85. The predicted molar refractivity (Wildman–Crippen MR) is 89.3 cm³/mol. The van der Waals surface area contributed by atoms with Gasteiger partial charge in [0.1, 0.15) is 16.6 Å². The lowest BCUT2D eigenvalue weighted by atomic mass is 10.1. The van der Waals surface area contributed by atoms with Crippen LogP contribution >= 0.6 is 11.6 Å². The number of hydrogen-bond acceptors (Lipinski definition) is 4. The molecule has 0 radical (unpaired) electrons. The fourth-order valence-electron chi connectivity index (χ4n) is 2.57. The van der Waals surface area contributed by atoms with Crippen LogP contribution in [0.5, 0.6) is 0 Å². The zero-order valence-electron chi connectivity index (χ0n) is 11.9. The third kappa shape index (κ3) is 2.43. The smallest absolute Gasteiger partial charge is 0.155 e. The number of hydrogen-bond donors (Lipinski definition) is 1. The van der Waals surface area contributed by atoms with Gasteiger partial charge in [-0.25, -0.2) is 0 Å². The molecule has 0 unspecified atom stereocenters. The summed E-state index contributed by atoms with van der Waals surface area (Å²) in [6.07, 6.45) is 1.75. The average molecular weight is 323 g/mol. The van der Waals surface area contributed by atoms with Crippen molar-refractivity contribution in [2.45, 2.75) is 0 Å². The molecule has 0 spiro atoms. The van der Waals surface area contributed by atoms with Crippen LogP contribution in [0.4, 0.5) is 0 Å². The Bertz CT molecular complexity index is 1100. The summed E-state index contributed by atoms with van der Waals surface area (Å²) in [5.74, 6) is 0.536. The first-order chi connectivity index (χ1) is 11.2. The number of halogens is 1. The Kier molecular flexibility index (Phi) is 3.24. The SMILES string of the molecule is O/N=c1\cc(-c2cc3ccc(Cl)cc3cn2)oc2ccccc12. The highest BCUT2D eigenvalue weighted by Crippen LogP contribution is 2.25. The highest BCUT2D eigenvalue weighted by molar-refractivity contribution is 6.31. The van der Waals surface area contributed by atoms with Crippen LogP contribution in [0.25, 0.3) is 33.2 Å². The van der Waals surface area contributed by atoms with Crippen molar-refractivity contribution in [2.24, 2.45) is 5.16 Å². The third-order valence-electron chi connectivity index (χ3n) is 3.69. The maximum absolute atomic E-state index is 9.26. The summed E-state index contributed by atoms with van der Waals surface area (Å²) in [5, 5.41) is 16.4. The van der Waals surface area contributed by atoms with Crippen LogP contribution in [0.1, 0.15) is 0 Å². The number of aromatic nitrogens is 1. The molecule has 2 aromatic carbocycles. The Morgan fingerprint density at radius 3 is 2.74 bits per heavy atom. The van der Waals surface area contributed by atoms with Crippen molar-refractivity contribution < 1.29 is 9.62 Å². The molecule has 112 valence electrons. The van der Waals surface area contributed by atoms with Gasteiger partial charge in [0.25, 0.3) is 0 Å². The lowest BCUT2D eigenvalue weighted by molar-refractivity contribution is 0.302. The molecular formula is C18H11ClN2O2. The molecule has 0 saturated heterocycles. The highest BCUT2D eigenvalue weighted by Gasteiger charge is 2.08. The number of rotatable bonds is 1. The van der Waals surface area contributed by atoms with Crippen molar-refractivity contribution in [3.63, 3.8) is 0 Å². The number of nitrogens with zero attached hydrogens (tertiary/aromatic N) is 2. The van der Waals surface area contributed by atoms with E-state index in [-0.39, 0.29) is 0 Å². The molecular weight excluding hydrogens is 312 g/mol. The molecule has 4 rings (SSSR count). The fourth-order valence-corrected chi connectivity index (χ4v) is 2.75. The third-order valence-corrected chi connectivity index (χ3v) is 3.93. The maximum Gasteiger partial charge on any atom is 0.155 e. The van der Waals surface area contributed by atoms with E-state index < -0.39 is 0 Å². The van der Waals surface area contributed by atoms with Crippen molar-refractivity contribution in [1.82, 2.24) is 4.98 Å². The van der Waals surface area contributed by atoms with E-state index in [4.69, 9.17) is 16.0 Å². The summed E-state index contributed by atoms with van der Waals surface area (Å²) in [7, 11) is 0. The van der Waals surface area contributed by atoms with E-state index in [9.17, 15) is 5.21 Å². The molecule has 2 aromatic heterocycles. The van der Waals surface area contributed by atoms with Crippen LogP contribution in [0, 0.1) is 0 Å². The van der Waals surface area contributed by atoms with Gasteiger partial charge >= 0.3 is 0 Å². The Morgan fingerprint density at radius 2 is 1.87 bits per heavy atom. The molecule has 1 N–H and O–H groups in total. The van der Waals surface area contributed by atoms with Crippen LogP contribution in [-0.2, 0) is 0 Å². The monoisotopic (exact) mass is 322 g/mol. The van der Waals surface area contributed by atoms with Gasteiger partial charge in [0.2, 0.25) is 0 Å². The first-order valence-electron chi connectivity index (χ1n) is 7.01. The summed E-state index contributed by atoms with van der Waals surface area (Å²) < 4.78 is 5.90. The van der Waals surface area contributed by atoms with Gasteiger partial charge in [-0.2, -0.15) is 0 Å². The minimum atomic E-state index is 0.444. The largest absolute Gasteiger partial charge is 0.454 e. The zero-order valence-corrected chi connectivity index (χ0v) is 12.7. The standard InChI is InChI=1S/C18H11ClN2O2/c19-13-6-5-11-8-16(20-10-12(11)7-13)18-9-15(21-22)14-3-1-2-4-17(14)23-18/h1-10,22H/b21-15+. The minimum Gasteiger partial charge on any atom is -0.454 e. The van der Waals surface area contributed by atoms with Crippen molar-refractivity contribution in [1.29, 1.82) is 0 Å². The molecule has 0 aliphatic heterocycles. The van der Waals surface area contributed by atoms with Gasteiger partial charge in [-0.3, -0.25) is 4.98 Å². The second-order valence-corrected chi connectivity index (χ2v) is 5.59. The summed E-state index contributed by atoms with van der Waals surface area (Å²) in [6.45, 7) is 0. The van der Waals surface area contributed by atoms with E-state index in [1.165, 1.54) is 0 Å². The summed E-state index contributed by atoms with van der Waals surface area (Å²) in [6, 6.07) is 16.6. The van der Waals surface area contributed by atoms with Crippen LogP contribution in [0.2, 0.25) is 5.02 Å². The van der Waals surface area contributed by atoms with Crippen molar-refractivity contribution in [3.05, 3.63) is 71.2 Å². The molecule has 4 nitrogen and oxygen atoms in total. The lowest BCUT2D eigenvalue weighted by Crippen LogP contribution is -2.03. The molecule has 0 fully saturated rings. The van der Waals surface area contributed by atoms with Gasteiger partial charge in [-0.05, 0) is 35.7 Å². The van der Waals surface area contributed by atoms with Crippen LogP contribution < -0.4 is 5.36 Å². The number of benzene rings is 2. The van der Waals surface area contributed by atoms with Crippen LogP contribution in [0.3, 0.4) is 0 Å². The maximum atomic E-state index is 9.26. The van der Waals surface area contributed by atoms with Crippen molar-refractivity contribution in [2.75, 3.05) is 0 Å². The Balaban J connectivity index is 1.97. The Morgan fingerprint density at radius 1 is 1.00 bits per heavy atom. The second kappa shape index (κ2) is 5.41. The molecule has 23 heavy (non-hydrogen) atoms. The number of para-hydroxylation sites is 1. The molecule has 0 amide bonds. The molecule has 0 bridgehead atoms. The second-order valence-electron chi connectivity index (χ2n) is 5.15. The number of fused-ring (bicyclic) bond motifs is 2. The van der Waals surface area contributed by atoms with Crippen LogP contribution in [0.15, 0.2) is 70.4 Å². The van der Waals surface area contributed by atoms with Gasteiger partial charge in [-0.15, -0.1) is 0 Å². The van der Waals surface area contributed by atoms with E-state index >= 15 is 0 Å². The molecule has 0 aliphatic rings. The molecule has 5 heteroatoms. The van der Waals surface area contributed by atoms with E-state index in [1.54, 1.807) is 12.3 Å². The summed E-state index contributed by atoms with van der Waals surface area (Å²) in [5.41, 5.74) is 1.30. The van der Waals surface area contributed by atoms with Gasteiger partial charge < -0.3 is 9.62 Å². The van der Waals surface area contributed by atoms with Gasteiger partial charge in [-0.1, -0.05) is 35.0 Å². The van der Waals surface area contributed by atoms with E-state index in [0.29, 0.717) is 27.4 Å². The minimum absolute atomic E-state index is 0.444. The molecule has 0 aliphatic carbocycles. The Labute approximate surface area is 136 Å². The molecule has 2 heterocycles. The quantitative estimate of drug-likeness (QED) is 0.412. The lowest BCUT2D eigenvalue weighted by Gasteiger charge is -2.05. The van der Waals surface area contributed by atoms with Gasteiger partial charge in [0.05, 0.1) is 0 Å². The summed E-state index contributed by atoms with van der Waals surface area (Å²) in [4.78, 5) is 4.42. The molecule has 0 saturated carbocycles. The first kappa shape index (κ1) is 13.8. The van der Waals surface area contributed by atoms with Crippen molar-refractivity contribution >= 4 is 33.3 Å². The van der Waals surface area contributed by atoms with Crippen molar-refractivity contribution in [3.8, 4) is 11.5 Å². The molecule has 4 aromatic rings. The molecule has 0 atom stereocenters. The topological polar surface area (TPSA) is 58.6 Å². The van der Waals surface area contributed by atoms with E-state index in [2.05, 4.69) is 10.1 Å². The fraction of sp³-hybridized carbons (Fsp3) is 0. The highest BCUT2D eigenvalue weighted by atomic mass is 35.5. The normalized spacial score (nSPS) is 12.1. The zero-order chi connectivity index (χ0) is 15.8. The summed E-state index contributed by atoms with van der Waals surface area (Å²) >= 11 is 5.99. The first-order valence-corrected chi connectivity index (χ1v) is 7.39. The van der Waals surface area contributed by atoms with Crippen LogP contribution in [-0.4, -0.2) is 10.2 Å². The van der Waals surface area contributed by atoms with E-state index in [0.717, 1.165) is 16.2 Å². The predicted octanol–water partition coefficient (Wildman–Crippen LogP) is 4.59. The van der Waals surface area contributed by atoms with Gasteiger partial charge in [0.15, 0.2) is 5.76 Å². The average Bonchev–Trinajstić information content (AvgIpc) is 2.60.